The molecule has 3 rings (SSSR count). The van der Waals surface area contributed by atoms with E-state index in [9.17, 15) is 9.59 Å². The molecule has 1 saturated carbocycles. The summed E-state index contributed by atoms with van der Waals surface area (Å²) in [4.78, 5) is 31.4. The van der Waals surface area contributed by atoms with Crippen LogP contribution in [0.2, 0.25) is 0 Å². The van der Waals surface area contributed by atoms with Crippen LogP contribution in [0, 0.1) is 13.8 Å². The van der Waals surface area contributed by atoms with Gasteiger partial charge < -0.3 is 4.74 Å². The number of rotatable bonds is 3. The Morgan fingerprint density at radius 1 is 1.35 bits per heavy atom. The fraction of sp³-hybridized carbons (Fsp3) is 0.588. The predicted octanol–water partition coefficient (Wildman–Crippen LogP) is 3.51. The highest BCUT2D eigenvalue weighted by Gasteiger charge is 2.25. The first-order valence-corrected chi connectivity index (χ1v) is 8.99. The van der Waals surface area contributed by atoms with Crippen molar-refractivity contribution in [3.8, 4) is 0 Å². The highest BCUT2D eigenvalue weighted by atomic mass is 32.1. The van der Waals surface area contributed by atoms with Crippen molar-refractivity contribution >= 4 is 27.5 Å². The summed E-state index contributed by atoms with van der Waals surface area (Å²) in [5.74, 6) is 0.215. The van der Waals surface area contributed by atoms with Crippen LogP contribution in [0.15, 0.2) is 10.9 Å². The molecule has 124 valence electrons. The van der Waals surface area contributed by atoms with Crippen LogP contribution in [-0.2, 0) is 9.53 Å². The summed E-state index contributed by atoms with van der Waals surface area (Å²) in [5.41, 5.74) is -0.162. The zero-order chi connectivity index (χ0) is 16.6. The van der Waals surface area contributed by atoms with E-state index in [2.05, 4.69) is 4.98 Å². The van der Waals surface area contributed by atoms with Gasteiger partial charge in [-0.3, -0.25) is 9.36 Å². The topological polar surface area (TPSA) is 61.2 Å². The molecule has 0 N–H and O–H groups in total. The summed E-state index contributed by atoms with van der Waals surface area (Å²) in [5, 5.41) is 0.579. The van der Waals surface area contributed by atoms with E-state index in [4.69, 9.17) is 4.74 Å². The van der Waals surface area contributed by atoms with Crippen molar-refractivity contribution < 1.29 is 9.53 Å². The van der Waals surface area contributed by atoms with Crippen LogP contribution in [0.5, 0.6) is 0 Å². The molecule has 2 heterocycles. The maximum absolute atomic E-state index is 12.7. The summed E-state index contributed by atoms with van der Waals surface area (Å²) >= 11 is 1.50. The van der Waals surface area contributed by atoms with Gasteiger partial charge in [0, 0.05) is 4.88 Å². The Morgan fingerprint density at radius 2 is 2.04 bits per heavy atom. The molecule has 5 nitrogen and oxygen atoms in total. The lowest BCUT2D eigenvalue weighted by molar-refractivity contribution is -0.154. The van der Waals surface area contributed by atoms with Crippen molar-refractivity contribution in [2.24, 2.45) is 0 Å². The van der Waals surface area contributed by atoms with Gasteiger partial charge in [-0.15, -0.1) is 11.3 Å². The number of esters is 1. The molecule has 23 heavy (non-hydrogen) atoms. The molecule has 0 aliphatic heterocycles. The van der Waals surface area contributed by atoms with Crippen molar-refractivity contribution in [2.75, 3.05) is 0 Å². The summed E-state index contributed by atoms with van der Waals surface area (Å²) in [6, 6.07) is 1.19. The van der Waals surface area contributed by atoms with Crippen LogP contribution in [0.25, 0.3) is 10.2 Å². The standard InChI is InChI=1S/C17H22N2O3S/c1-10-9-14-15(23-10)18-12(3)19(16(14)20)11(2)17(21)22-13-7-5-4-6-8-13/h9,11,13H,4-8H2,1-3H3. The molecule has 0 radical (unpaired) electrons. The van der Waals surface area contributed by atoms with Crippen molar-refractivity contribution in [1.29, 1.82) is 0 Å². The first-order chi connectivity index (χ1) is 11.0. The highest BCUT2D eigenvalue weighted by molar-refractivity contribution is 7.18. The number of hydrogen-bond donors (Lipinski definition) is 0. The van der Waals surface area contributed by atoms with E-state index >= 15 is 0 Å². The molecule has 0 saturated heterocycles. The number of carbonyl (C=O) groups is 1. The lowest BCUT2D eigenvalue weighted by atomic mass is 9.98. The Balaban J connectivity index is 1.89. The van der Waals surface area contributed by atoms with E-state index in [0.29, 0.717) is 11.2 Å². The number of fused-ring (bicyclic) bond motifs is 1. The first kappa shape index (κ1) is 16.2. The largest absolute Gasteiger partial charge is 0.461 e. The van der Waals surface area contributed by atoms with Gasteiger partial charge in [-0.25, -0.2) is 9.78 Å². The van der Waals surface area contributed by atoms with Gasteiger partial charge in [0.25, 0.3) is 5.56 Å². The summed E-state index contributed by atoms with van der Waals surface area (Å²) in [6.45, 7) is 5.43. The van der Waals surface area contributed by atoms with E-state index in [0.717, 1.165) is 35.4 Å². The van der Waals surface area contributed by atoms with E-state index in [-0.39, 0.29) is 17.6 Å². The highest BCUT2D eigenvalue weighted by Crippen LogP contribution is 2.24. The third kappa shape index (κ3) is 3.17. The van der Waals surface area contributed by atoms with Crippen LogP contribution in [0.1, 0.15) is 55.8 Å². The van der Waals surface area contributed by atoms with E-state index in [1.165, 1.54) is 22.3 Å². The Kier molecular flexibility index (Phi) is 4.53. The zero-order valence-corrected chi connectivity index (χ0v) is 14.6. The number of aryl methyl sites for hydroxylation is 2. The second kappa shape index (κ2) is 6.43. The van der Waals surface area contributed by atoms with Gasteiger partial charge in [0.15, 0.2) is 0 Å². The number of nitrogens with zero attached hydrogens (tertiary/aromatic N) is 2. The van der Waals surface area contributed by atoms with Crippen molar-refractivity contribution in [3.05, 3.63) is 27.1 Å². The van der Waals surface area contributed by atoms with Gasteiger partial charge in [0.2, 0.25) is 0 Å². The minimum absolute atomic E-state index is 0.00482. The second-order valence-corrected chi connectivity index (χ2v) is 7.52. The average molecular weight is 334 g/mol. The monoisotopic (exact) mass is 334 g/mol. The van der Waals surface area contributed by atoms with Gasteiger partial charge in [-0.1, -0.05) is 6.42 Å². The molecule has 1 unspecified atom stereocenters. The van der Waals surface area contributed by atoms with Crippen molar-refractivity contribution in [2.45, 2.75) is 65.0 Å². The third-order valence-electron chi connectivity index (χ3n) is 4.46. The average Bonchev–Trinajstić information content (AvgIpc) is 2.88. The van der Waals surface area contributed by atoms with E-state index in [1.54, 1.807) is 13.8 Å². The van der Waals surface area contributed by atoms with Gasteiger partial charge in [0.05, 0.1) is 5.39 Å². The summed E-state index contributed by atoms with van der Waals surface area (Å²) in [6.07, 6.45) is 5.26. The lowest BCUT2D eigenvalue weighted by Crippen LogP contribution is -2.33. The van der Waals surface area contributed by atoms with Crippen LogP contribution in [0.3, 0.4) is 0 Å². The van der Waals surface area contributed by atoms with Crippen molar-refractivity contribution in [1.82, 2.24) is 9.55 Å². The molecule has 2 aromatic rings. The predicted molar refractivity (Wildman–Crippen MR) is 91.0 cm³/mol. The molecule has 6 heteroatoms. The smallest absolute Gasteiger partial charge is 0.329 e. The van der Waals surface area contributed by atoms with Crippen molar-refractivity contribution in [3.63, 3.8) is 0 Å². The Hall–Kier alpha value is -1.69. The van der Waals surface area contributed by atoms with E-state index in [1.807, 2.05) is 13.0 Å². The minimum atomic E-state index is -0.651. The third-order valence-corrected chi connectivity index (χ3v) is 5.40. The zero-order valence-electron chi connectivity index (χ0n) is 13.8. The quantitative estimate of drug-likeness (QED) is 0.806. The number of thiophene rings is 1. The van der Waals surface area contributed by atoms with Gasteiger partial charge in [-0.2, -0.15) is 0 Å². The molecule has 0 aromatic carbocycles. The molecule has 1 atom stereocenters. The molecule has 0 bridgehead atoms. The molecule has 1 fully saturated rings. The first-order valence-electron chi connectivity index (χ1n) is 8.17. The molecule has 0 amide bonds. The summed E-state index contributed by atoms with van der Waals surface area (Å²) in [7, 11) is 0. The van der Waals surface area contributed by atoms with Crippen LogP contribution in [-0.4, -0.2) is 21.6 Å². The van der Waals surface area contributed by atoms with E-state index < -0.39 is 6.04 Å². The molecule has 1 aliphatic rings. The van der Waals surface area contributed by atoms with Gasteiger partial charge >= 0.3 is 5.97 Å². The minimum Gasteiger partial charge on any atom is -0.461 e. The Bertz CT molecular complexity index is 787. The molecule has 0 spiro atoms. The van der Waals surface area contributed by atoms with Gasteiger partial charge in [-0.05, 0) is 52.5 Å². The normalized spacial score (nSPS) is 17.3. The van der Waals surface area contributed by atoms with Gasteiger partial charge in [0.1, 0.15) is 22.8 Å². The number of aromatic nitrogens is 2. The molecule has 2 aromatic heterocycles. The fourth-order valence-electron chi connectivity index (χ4n) is 3.22. The Labute approximate surface area is 139 Å². The number of ether oxygens (including phenoxy) is 1. The molecular formula is C17H22N2O3S. The SMILES string of the molecule is Cc1cc2c(=O)n(C(C)C(=O)OC3CCCCC3)c(C)nc2s1. The molecule has 1 aliphatic carbocycles. The maximum Gasteiger partial charge on any atom is 0.329 e. The number of carbonyl (C=O) groups excluding carboxylic acids is 1. The lowest BCUT2D eigenvalue weighted by Gasteiger charge is -2.24. The number of hydrogen-bond acceptors (Lipinski definition) is 5. The fourth-order valence-corrected chi connectivity index (χ4v) is 4.14. The van der Waals surface area contributed by atoms with Crippen LogP contribution >= 0.6 is 11.3 Å². The maximum atomic E-state index is 12.7. The summed E-state index contributed by atoms with van der Waals surface area (Å²) < 4.78 is 7.07. The Morgan fingerprint density at radius 3 is 2.74 bits per heavy atom. The van der Waals surface area contributed by atoms with Crippen LogP contribution < -0.4 is 5.56 Å². The molecular weight excluding hydrogens is 312 g/mol. The second-order valence-electron chi connectivity index (χ2n) is 6.28. The van der Waals surface area contributed by atoms with Crippen LogP contribution in [0.4, 0.5) is 0 Å².